The summed E-state index contributed by atoms with van der Waals surface area (Å²) in [6, 6.07) is 0. The van der Waals surface area contributed by atoms with E-state index in [-0.39, 0.29) is 116 Å². The van der Waals surface area contributed by atoms with E-state index in [1.54, 1.807) is 6.08 Å². The molecule has 0 aromatic carbocycles. The first-order valence-corrected chi connectivity index (χ1v) is 24.9. The molecular formula is C50H70O15. The van der Waals surface area contributed by atoms with Crippen molar-refractivity contribution in [1.29, 1.82) is 0 Å². The number of epoxide rings is 1. The average molecular weight is 911 g/mol. The van der Waals surface area contributed by atoms with E-state index >= 15 is 0 Å². The molecular weight excluding hydrogens is 841 g/mol. The fourth-order valence-corrected chi connectivity index (χ4v) is 14.7. The summed E-state index contributed by atoms with van der Waals surface area (Å²) in [5.41, 5.74) is -2.03. The average Bonchev–Trinajstić information content (AvgIpc) is 4.02. The summed E-state index contributed by atoms with van der Waals surface area (Å²) >= 11 is 0. The van der Waals surface area contributed by atoms with Gasteiger partial charge in [-0.1, -0.05) is 13.5 Å². The van der Waals surface area contributed by atoms with E-state index in [2.05, 4.69) is 41.2 Å². The molecule has 15 nitrogen and oxygen atoms in total. The van der Waals surface area contributed by atoms with Crippen LogP contribution in [0.1, 0.15) is 126 Å². The van der Waals surface area contributed by atoms with Crippen molar-refractivity contribution in [2.75, 3.05) is 0 Å². The molecule has 65 heavy (non-hydrogen) atoms. The predicted molar refractivity (Wildman–Crippen MR) is 228 cm³/mol. The maximum Gasteiger partial charge on any atom is 0.331 e. The van der Waals surface area contributed by atoms with Gasteiger partial charge >= 0.3 is 5.97 Å². The van der Waals surface area contributed by atoms with Crippen LogP contribution < -0.4 is 0 Å². The monoisotopic (exact) mass is 910 g/mol. The van der Waals surface area contributed by atoms with Crippen molar-refractivity contribution < 1.29 is 71.5 Å². The number of ether oxygens (including phenoxy) is 12. The molecule has 11 saturated heterocycles. The second kappa shape index (κ2) is 15.3. The van der Waals surface area contributed by atoms with Gasteiger partial charge in [-0.15, -0.1) is 0 Å². The SMILES string of the molecule is C=C(C=O)C[C@@H]1C[C@H](O)[C@]2(C)OC3CC4OC5C[C@]6(C)O[C@]7(C)CCC8OC9C[C@]%10(C)OC%11C(C)=CC(=O)O[C@H]%11C[C@H]%10O[C@H]9C[C@@H](C)[C@H]8O[C@H]7C[C@H]6O[C@@]5(C)CC5OC5[C@H]4O[C@H]3C[C@H]2O1. The smallest absolute Gasteiger partial charge is 0.331 e. The van der Waals surface area contributed by atoms with E-state index in [9.17, 15) is 14.7 Å². The zero-order valence-electron chi connectivity index (χ0n) is 39.1. The molecule has 0 saturated carbocycles. The van der Waals surface area contributed by atoms with Crippen LogP contribution in [0.4, 0.5) is 0 Å². The number of esters is 1. The first-order chi connectivity index (χ1) is 30.8. The number of hydrogen-bond donors (Lipinski definition) is 1. The molecule has 12 aliphatic heterocycles. The van der Waals surface area contributed by atoms with Gasteiger partial charge < -0.3 is 61.9 Å². The molecule has 0 aliphatic carbocycles. The minimum absolute atomic E-state index is 0.0310. The Morgan fingerprint density at radius 2 is 1.37 bits per heavy atom. The molecule has 0 amide bonds. The van der Waals surface area contributed by atoms with Crippen molar-refractivity contribution in [3.63, 3.8) is 0 Å². The molecule has 0 spiro atoms. The third-order valence-corrected chi connectivity index (χ3v) is 18.5. The first-order valence-electron chi connectivity index (χ1n) is 24.9. The number of rotatable bonds is 3. The summed E-state index contributed by atoms with van der Waals surface area (Å²) in [4.78, 5) is 23.6. The van der Waals surface area contributed by atoms with Crippen LogP contribution in [0.2, 0.25) is 0 Å². The Morgan fingerprint density at radius 1 is 0.662 bits per heavy atom. The lowest BCUT2D eigenvalue weighted by Crippen LogP contribution is -2.71. The summed E-state index contributed by atoms with van der Waals surface area (Å²) in [5, 5.41) is 11.5. The molecule has 0 bridgehead atoms. The van der Waals surface area contributed by atoms with Crippen LogP contribution in [-0.4, -0.2) is 161 Å². The molecule has 12 heterocycles. The zero-order chi connectivity index (χ0) is 45.2. The first kappa shape index (κ1) is 44.4. The van der Waals surface area contributed by atoms with E-state index in [1.807, 2.05) is 13.8 Å². The zero-order valence-corrected chi connectivity index (χ0v) is 39.1. The minimum atomic E-state index is -0.923. The molecule has 1 N–H and O–H groups in total. The summed E-state index contributed by atoms with van der Waals surface area (Å²) in [6.07, 6.45) is 4.90. The van der Waals surface area contributed by atoms with Crippen molar-refractivity contribution in [3.8, 4) is 0 Å². The number of aldehydes is 1. The van der Waals surface area contributed by atoms with Gasteiger partial charge in [0, 0.05) is 63.9 Å². The van der Waals surface area contributed by atoms with Gasteiger partial charge in [-0.2, -0.15) is 0 Å². The predicted octanol–water partition coefficient (Wildman–Crippen LogP) is 4.68. The molecule has 360 valence electrons. The highest BCUT2D eigenvalue weighted by atomic mass is 16.7. The fourth-order valence-electron chi connectivity index (χ4n) is 14.7. The topological polar surface area (TPSA) is 168 Å². The van der Waals surface area contributed by atoms with Crippen LogP contribution in [0.15, 0.2) is 23.8 Å². The van der Waals surface area contributed by atoms with Crippen molar-refractivity contribution in [1.82, 2.24) is 0 Å². The molecule has 12 rings (SSSR count). The largest absolute Gasteiger partial charge is 0.456 e. The van der Waals surface area contributed by atoms with Gasteiger partial charge in [0.15, 0.2) is 0 Å². The quantitative estimate of drug-likeness (QED) is 0.179. The highest BCUT2D eigenvalue weighted by molar-refractivity contribution is 5.84. The van der Waals surface area contributed by atoms with Crippen molar-refractivity contribution in [3.05, 3.63) is 23.8 Å². The summed E-state index contributed by atoms with van der Waals surface area (Å²) < 4.78 is 82.4. The van der Waals surface area contributed by atoms with Crippen LogP contribution >= 0.6 is 0 Å². The number of fused-ring (bicyclic) bond motifs is 12. The maximum absolute atomic E-state index is 12.3. The van der Waals surface area contributed by atoms with Crippen molar-refractivity contribution in [2.45, 2.75) is 269 Å². The highest BCUT2D eigenvalue weighted by Crippen LogP contribution is 2.57. The summed E-state index contributed by atoms with van der Waals surface area (Å²) in [5.74, 6) is -0.153. The Kier molecular flexibility index (Phi) is 10.5. The lowest BCUT2D eigenvalue weighted by Gasteiger charge is -2.61. The Balaban J connectivity index is 0.741. The third-order valence-electron chi connectivity index (χ3n) is 18.5. The molecule has 12 aliphatic rings. The molecule has 8 unspecified atom stereocenters. The third kappa shape index (κ3) is 7.24. The molecule has 0 radical (unpaired) electrons. The van der Waals surface area contributed by atoms with E-state index in [0.717, 1.165) is 31.1 Å². The fraction of sp³-hybridized carbons (Fsp3) is 0.880. The van der Waals surface area contributed by atoms with Crippen LogP contribution in [0, 0.1) is 5.92 Å². The van der Waals surface area contributed by atoms with Gasteiger partial charge in [0.05, 0.1) is 114 Å². The molecule has 25 atom stereocenters. The standard InChI is InChI=1S/C50H70O15/c1-23(22-51)11-26-14-35(52)50(8)39(54-26)16-29-30(62-50)15-31-44(59-29)45-34(60-45)20-48(6)40(57-31)21-49(7)38(63-48)18-37-46(4,65-49)10-9-27-42(61-37)24(2)12-28-33(55-27)19-47(5)36(56-28)17-32-43(64-47)25(3)13-41(53)58-32/h13,22,24,26-40,42-45,52H,1,9-12,14-21H2,2-8H3/t24-,26-,27?,28+,29+,30?,31?,32+,33?,34?,35+,36-,37+,38-,39-,40?,42-,43?,44+,45?,46-,47+,48+,49+,50+/m1/s1. The van der Waals surface area contributed by atoms with Crippen LogP contribution in [0.5, 0.6) is 0 Å². The highest BCUT2D eigenvalue weighted by Gasteiger charge is 2.68. The van der Waals surface area contributed by atoms with E-state index in [1.165, 1.54) is 0 Å². The van der Waals surface area contributed by atoms with Crippen LogP contribution in [0.25, 0.3) is 0 Å². The molecule has 0 aromatic heterocycles. The van der Waals surface area contributed by atoms with Crippen LogP contribution in [-0.2, 0) is 66.4 Å². The number of carbonyl (C=O) groups is 2. The van der Waals surface area contributed by atoms with E-state index in [0.29, 0.717) is 63.4 Å². The Hall–Kier alpha value is -1.86. The second-order valence-electron chi connectivity index (χ2n) is 23.4. The van der Waals surface area contributed by atoms with Gasteiger partial charge in [-0.3, -0.25) is 4.79 Å². The molecule has 11 fully saturated rings. The van der Waals surface area contributed by atoms with Gasteiger partial charge in [-0.25, -0.2) is 4.79 Å². The van der Waals surface area contributed by atoms with E-state index < -0.39 is 40.2 Å². The van der Waals surface area contributed by atoms with Crippen molar-refractivity contribution in [2.24, 2.45) is 5.92 Å². The van der Waals surface area contributed by atoms with Crippen molar-refractivity contribution >= 4 is 12.3 Å². The van der Waals surface area contributed by atoms with E-state index in [4.69, 9.17) is 56.8 Å². The number of aliphatic hydroxyl groups excluding tert-OH is 1. The number of hydrogen-bond acceptors (Lipinski definition) is 15. The lowest BCUT2D eigenvalue weighted by molar-refractivity contribution is -0.360. The minimum Gasteiger partial charge on any atom is -0.456 e. The Labute approximate surface area is 382 Å². The number of aliphatic hydroxyl groups is 1. The second-order valence-corrected chi connectivity index (χ2v) is 23.4. The maximum atomic E-state index is 12.3. The van der Waals surface area contributed by atoms with Gasteiger partial charge in [0.2, 0.25) is 0 Å². The van der Waals surface area contributed by atoms with Crippen LogP contribution in [0.3, 0.4) is 0 Å². The number of carbonyl (C=O) groups excluding carboxylic acids is 2. The normalized spacial score (nSPS) is 58.8. The molecule has 15 heteroatoms. The Bertz CT molecular complexity index is 1980. The van der Waals surface area contributed by atoms with Gasteiger partial charge in [0.25, 0.3) is 0 Å². The molecule has 0 aromatic rings. The summed E-state index contributed by atoms with van der Waals surface area (Å²) in [6.45, 7) is 18.7. The van der Waals surface area contributed by atoms with Gasteiger partial charge in [0.1, 0.15) is 36.3 Å². The lowest BCUT2D eigenvalue weighted by atomic mass is 9.72. The van der Waals surface area contributed by atoms with Gasteiger partial charge in [-0.05, 0) is 77.9 Å². The summed E-state index contributed by atoms with van der Waals surface area (Å²) in [7, 11) is 0. The Morgan fingerprint density at radius 3 is 2.18 bits per heavy atom.